The minimum Gasteiger partial charge on any atom is -0.492 e. The van der Waals surface area contributed by atoms with Crippen LogP contribution in [0, 0.1) is 13.8 Å². The summed E-state index contributed by atoms with van der Waals surface area (Å²) in [6.07, 6.45) is 1.51. The third-order valence-electron chi connectivity index (χ3n) is 5.53. The van der Waals surface area contributed by atoms with Gasteiger partial charge in [0.25, 0.3) is 15.9 Å². The predicted octanol–water partition coefficient (Wildman–Crippen LogP) is 2.55. The first-order valence-electron chi connectivity index (χ1n) is 10.3. The third-order valence-corrected chi connectivity index (χ3v) is 7.25. The van der Waals surface area contributed by atoms with Gasteiger partial charge >= 0.3 is 0 Å². The lowest BCUT2D eigenvalue weighted by Gasteiger charge is -2.18. The summed E-state index contributed by atoms with van der Waals surface area (Å²) in [4.78, 5) is 16.9. The van der Waals surface area contributed by atoms with E-state index in [1.165, 1.54) is 10.5 Å². The number of hydrogen-bond acceptors (Lipinski definition) is 5. The second kappa shape index (κ2) is 8.76. The fourth-order valence-corrected chi connectivity index (χ4v) is 4.92. The van der Waals surface area contributed by atoms with Crippen molar-refractivity contribution in [3.8, 4) is 5.75 Å². The quantitative estimate of drug-likeness (QED) is 0.640. The van der Waals surface area contributed by atoms with Crippen molar-refractivity contribution in [1.29, 1.82) is 0 Å². The van der Waals surface area contributed by atoms with E-state index in [4.69, 9.17) is 4.74 Å². The van der Waals surface area contributed by atoms with E-state index in [1.807, 2.05) is 31.2 Å². The maximum atomic E-state index is 13.1. The van der Waals surface area contributed by atoms with Crippen LogP contribution in [0.1, 0.15) is 32.9 Å². The Kier molecular flexibility index (Phi) is 6.03. The van der Waals surface area contributed by atoms with Crippen LogP contribution in [0.4, 0.5) is 0 Å². The average Bonchev–Trinajstić information content (AvgIpc) is 2.98. The van der Waals surface area contributed by atoms with Crippen LogP contribution in [0.15, 0.2) is 53.7 Å². The predicted molar refractivity (Wildman–Crippen MR) is 120 cm³/mol. The molecule has 1 aromatic heterocycles. The fraction of sp³-hybridized carbons (Fsp3) is 0.304. The molecule has 2 aromatic carbocycles. The highest BCUT2D eigenvalue weighted by Crippen LogP contribution is 2.27. The van der Waals surface area contributed by atoms with Gasteiger partial charge in [0, 0.05) is 44.0 Å². The molecule has 0 atom stereocenters. The van der Waals surface area contributed by atoms with Crippen molar-refractivity contribution in [2.75, 3.05) is 13.2 Å². The number of fused-ring (bicyclic) bond motifs is 1. The summed E-state index contributed by atoms with van der Waals surface area (Å²) in [5, 5.41) is 2.92. The summed E-state index contributed by atoms with van der Waals surface area (Å²) in [7, 11) is -2.04. The largest absolute Gasteiger partial charge is 0.492 e. The van der Waals surface area contributed by atoms with Gasteiger partial charge in [0.1, 0.15) is 18.2 Å². The molecule has 32 heavy (non-hydrogen) atoms. The minimum absolute atomic E-state index is 0.00736. The monoisotopic (exact) mass is 454 g/mol. The zero-order valence-corrected chi connectivity index (χ0v) is 19.1. The molecule has 0 spiro atoms. The molecule has 0 fully saturated rings. The molecule has 0 aliphatic carbocycles. The molecule has 2 heterocycles. The lowest BCUT2D eigenvalue weighted by molar-refractivity contribution is 0.0950. The first-order valence-corrected chi connectivity index (χ1v) is 11.8. The zero-order valence-electron chi connectivity index (χ0n) is 18.3. The molecular weight excluding hydrogens is 428 g/mol. The normalized spacial score (nSPS) is 14.3. The van der Waals surface area contributed by atoms with Gasteiger partial charge in [0.05, 0.1) is 0 Å². The Bertz CT molecular complexity index is 1230. The molecule has 0 radical (unpaired) electrons. The van der Waals surface area contributed by atoms with Gasteiger partial charge in [0.2, 0.25) is 0 Å². The number of nitrogens with one attached hydrogen (secondary N) is 1. The van der Waals surface area contributed by atoms with E-state index in [0.717, 1.165) is 11.1 Å². The second-order valence-corrected chi connectivity index (χ2v) is 9.80. The molecule has 0 saturated heterocycles. The Morgan fingerprint density at radius 3 is 2.59 bits per heavy atom. The molecule has 0 unspecified atom stereocenters. The molecule has 8 nitrogen and oxygen atoms in total. The summed E-state index contributed by atoms with van der Waals surface area (Å²) < 4.78 is 35.0. The number of carbonyl (C=O) groups is 1. The molecule has 1 aliphatic heterocycles. The Hall–Kier alpha value is -3.17. The Morgan fingerprint density at radius 2 is 1.91 bits per heavy atom. The van der Waals surface area contributed by atoms with Crippen LogP contribution in [0.2, 0.25) is 0 Å². The van der Waals surface area contributed by atoms with Gasteiger partial charge in [-0.1, -0.05) is 29.8 Å². The van der Waals surface area contributed by atoms with Crippen molar-refractivity contribution in [3.05, 3.63) is 76.7 Å². The fourth-order valence-electron chi connectivity index (χ4n) is 3.49. The van der Waals surface area contributed by atoms with E-state index in [2.05, 4.69) is 10.3 Å². The number of imidazole rings is 1. The minimum atomic E-state index is -3.79. The highest BCUT2D eigenvalue weighted by molar-refractivity contribution is 7.89. The highest BCUT2D eigenvalue weighted by atomic mass is 32.2. The van der Waals surface area contributed by atoms with Gasteiger partial charge in [-0.15, -0.1) is 0 Å². The SMILES string of the molecule is Cc1ccc(CNC(=O)c2ccc3c(c2)CN(S(=O)(=O)c2cn(C)c(C)n2)CCO3)cc1. The molecule has 168 valence electrons. The molecular formula is C23H26N4O4S. The number of hydrogen-bond donors (Lipinski definition) is 1. The number of nitrogens with zero attached hydrogens (tertiary/aromatic N) is 3. The lowest BCUT2D eigenvalue weighted by atomic mass is 10.1. The van der Waals surface area contributed by atoms with Gasteiger partial charge in [-0.05, 0) is 37.6 Å². The van der Waals surface area contributed by atoms with Crippen LogP contribution in [0.25, 0.3) is 0 Å². The number of benzene rings is 2. The van der Waals surface area contributed by atoms with E-state index >= 15 is 0 Å². The van der Waals surface area contributed by atoms with Crippen LogP contribution in [-0.4, -0.2) is 41.3 Å². The second-order valence-electron chi connectivity index (χ2n) is 7.92. The molecule has 1 amide bonds. The Labute approximate surface area is 187 Å². The first kappa shape index (κ1) is 22.0. The van der Waals surface area contributed by atoms with Gasteiger partial charge < -0.3 is 14.6 Å². The third kappa shape index (κ3) is 4.53. The number of rotatable bonds is 5. The van der Waals surface area contributed by atoms with Crippen molar-refractivity contribution in [2.24, 2.45) is 7.05 Å². The smallest absolute Gasteiger partial charge is 0.262 e. The van der Waals surface area contributed by atoms with E-state index < -0.39 is 10.0 Å². The Balaban J connectivity index is 1.53. The van der Waals surface area contributed by atoms with Crippen LogP contribution in [0.3, 0.4) is 0 Å². The molecule has 0 saturated carbocycles. The van der Waals surface area contributed by atoms with Crippen LogP contribution in [-0.2, 0) is 30.2 Å². The topological polar surface area (TPSA) is 93.5 Å². The van der Waals surface area contributed by atoms with Crippen molar-refractivity contribution in [1.82, 2.24) is 19.2 Å². The summed E-state index contributed by atoms with van der Waals surface area (Å²) >= 11 is 0. The average molecular weight is 455 g/mol. The number of amides is 1. The van der Waals surface area contributed by atoms with Crippen LogP contribution >= 0.6 is 0 Å². The number of carbonyl (C=O) groups excluding carboxylic acids is 1. The lowest BCUT2D eigenvalue weighted by Crippen LogP contribution is -2.32. The van der Waals surface area contributed by atoms with Crippen LogP contribution in [0.5, 0.6) is 5.75 Å². The standard InChI is InChI=1S/C23H26N4O4S/c1-16-4-6-18(7-5-16)13-24-23(28)19-8-9-21-20(12-19)14-27(10-11-31-21)32(29,30)22-15-26(3)17(2)25-22/h4-9,12,15H,10-11,13-14H2,1-3H3,(H,24,28). The maximum absolute atomic E-state index is 13.1. The molecule has 3 aromatic rings. The number of sulfonamides is 1. The van der Waals surface area contributed by atoms with Gasteiger partial charge in [0.15, 0.2) is 5.03 Å². The number of aryl methyl sites for hydroxylation is 3. The van der Waals surface area contributed by atoms with E-state index in [9.17, 15) is 13.2 Å². The van der Waals surface area contributed by atoms with Gasteiger partial charge in [-0.2, -0.15) is 4.31 Å². The van der Waals surface area contributed by atoms with Crippen molar-refractivity contribution >= 4 is 15.9 Å². The zero-order chi connectivity index (χ0) is 22.9. The molecule has 4 rings (SSSR count). The van der Waals surface area contributed by atoms with E-state index in [-0.39, 0.29) is 30.6 Å². The summed E-state index contributed by atoms with van der Waals surface area (Å²) in [6.45, 7) is 4.69. The molecule has 9 heteroatoms. The van der Waals surface area contributed by atoms with Crippen LogP contribution < -0.4 is 10.1 Å². The van der Waals surface area contributed by atoms with Gasteiger partial charge in [-0.3, -0.25) is 4.79 Å². The molecule has 0 bridgehead atoms. The summed E-state index contributed by atoms with van der Waals surface area (Å²) in [5.74, 6) is 0.963. The highest BCUT2D eigenvalue weighted by Gasteiger charge is 2.30. The van der Waals surface area contributed by atoms with Gasteiger partial charge in [-0.25, -0.2) is 13.4 Å². The maximum Gasteiger partial charge on any atom is 0.262 e. The number of ether oxygens (including phenoxy) is 1. The molecule has 1 N–H and O–H groups in total. The summed E-state index contributed by atoms with van der Waals surface area (Å²) in [5.41, 5.74) is 3.25. The van der Waals surface area contributed by atoms with E-state index in [1.54, 1.807) is 36.7 Å². The Morgan fingerprint density at radius 1 is 1.16 bits per heavy atom. The van der Waals surface area contributed by atoms with Crippen molar-refractivity contribution in [2.45, 2.75) is 32.0 Å². The number of aromatic nitrogens is 2. The molecule has 1 aliphatic rings. The summed E-state index contributed by atoms with van der Waals surface area (Å²) in [6, 6.07) is 13.0. The van der Waals surface area contributed by atoms with Crippen molar-refractivity contribution in [3.63, 3.8) is 0 Å². The van der Waals surface area contributed by atoms with Crippen molar-refractivity contribution < 1.29 is 17.9 Å². The first-order chi connectivity index (χ1) is 15.2. The van der Waals surface area contributed by atoms with E-state index in [0.29, 0.717) is 29.2 Å².